The fraction of sp³-hybridized carbons (Fsp3) is 0.176. The zero-order valence-corrected chi connectivity index (χ0v) is 13.0. The first-order valence-corrected chi connectivity index (χ1v) is 7.61. The minimum atomic E-state index is -0.621. The number of benzene rings is 2. The van der Waals surface area contributed by atoms with Gasteiger partial charge in [0.05, 0.1) is 5.69 Å². The predicted octanol–water partition coefficient (Wildman–Crippen LogP) is 2.86. The van der Waals surface area contributed by atoms with Crippen LogP contribution in [0.4, 0.5) is 5.69 Å². The number of rotatable bonds is 4. The Labute approximate surface area is 138 Å². The van der Waals surface area contributed by atoms with Crippen LogP contribution in [0.2, 0.25) is 5.02 Å². The van der Waals surface area contributed by atoms with Gasteiger partial charge in [-0.15, -0.1) is 0 Å². The average molecular weight is 331 g/mol. The summed E-state index contributed by atoms with van der Waals surface area (Å²) in [4.78, 5) is 24.0. The lowest BCUT2D eigenvalue weighted by Crippen LogP contribution is -2.39. The molecular formula is C17H15ClN2O3. The van der Waals surface area contributed by atoms with Crippen LogP contribution in [0, 0.1) is 0 Å². The lowest BCUT2D eigenvalue weighted by atomic mass is 10.1. The summed E-state index contributed by atoms with van der Waals surface area (Å²) in [6.07, 6.45) is -0.239. The largest absolute Gasteiger partial charge is 0.478 e. The summed E-state index contributed by atoms with van der Waals surface area (Å²) in [5, 5.41) is 6.06. The van der Waals surface area contributed by atoms with Crippen LogP contribution in [-0.2, 0) is 4.79 Å². The molecule has 2 aromatic rings. The maximum Gasteiger partial charge on any atom is 0.265 e. The van der Waals surface area contributed by atoms with Crippen LogP contribution in [0.1, 0.15) is 16.8 Å². The standard InChI is InChI=1S/C17H15ClN2O3/c18-12-5-3-4-11(10-12)16(21)19-9-8-15-17(22)20-13-6-1-2-7-14(13)23-15/h1-7,10,15H,8-9H2,(H,19,21)(H,20,22). The number of ether oxygens (including phenoxy) is 1. The molecule has 2 N–H and O–H groups in total. The molecule has 0 aliphatic carbocycles. The fourth-order valence-electron chi connectivity index (χ4n) is 2.33. The summed E-state index contributed by atoms with van der Waals surface area (Å²) < 4.78 is 5.67. The summed E-state index contributed by atoms with van der Waals surface area (Å²) in [5.41, 5.74) is 1.15. The van der Waals surface area contributed by atoms with Gasteiger partial charge in [0, 0.05) is 23.6 Å². The topological polar surface area (TPSA) is 67.4 Å². The molecule has 6 heteroatoms. The number of hydrogen-bond acceptors (Lipinski definition) is 3. The highest BCUT2D eigenvalue weighted by Gasteiger charge is 2.26. The molecule has 1 atom stereocenters. The molecule has 2 amide bonds. The van der Waals surface area contributed by atoms with Gasteiger partial charge in [0.2, 0.25) is 0 Å². The second-order valence-electron chi connectivity index (χ2n) is 5.15. The van der Waals surface area contributed by atoms with Gasteiger partial charge < -0.3 is 15.4 Å². The summed E-state index contributed by atoms with van der Waals surface area (Å²) >= 11 is 5.86. The third-order valence-corrected chi connectivity index (χ3v) is 3.72. The maximum atomic E-state index is 12.0. The number of carbonyl (C=O) groups excluding carboxylic acids is 2. The first-order chi connectivity index (χ1) is 11.1. The van der Waals surface area contributed by atoms with Crippen LogP contribution in [0.3, 0.4) is 0 Å². The Morgan fingerprint density at radius 3 is 2.87 bits per heavy atom. The van der Waals surface area contributed by atoms with Gasteiger partial charge in [-0.25, -0.2) is 0 Å². The minimum Gasteiger partial charge on any atom is -0.478 e. The quantitative estimate of drug-likeness (QED) is 0.905. The van der Waals surface area contributed by atoms with Crippen LogP contribution < -0.4 is 15.4 Å². The zero-order chi connectivity index (χ0) is 16.2. The second kappa shape index (κ2) is 6.71. The van der Waals surface area contributed by atoms with Gasteiger partial charge in [-0.2, -0.15) is 0 Å². The lowest BCUT2D eigenvalue weighted by Gasteiger charge is -2.25. The number of hydrogen-bond donors (Lipinski definition) is 2. The summed E-state index contributed by atoms with van der Waals surface area (Å²) in [6.45, 7) is 0.325. The van der Waals surface area contributed by atoms with Gasteiger partial charge in [-0.3, -0.25) is 9.59 Å². The van der Waals surface area contributed by atoms with E-state index in [0.29, 0.717) is 35.0 Å². The highest BCUT2D eigenvalue weighted by Crippen LogP contribution is 2.29. The minimum absolute atomic E-state index is 0.208. The molecule has 0 saturated heterocycles. The van der Waals surface area contributed by atoms with Crippen LogP contribution in [0.15, 0.2) is 48.5 Å². The van der Waals surface area contributed by atoms with Crippen molar-refractivity contribution in [3.63, 3.8) is 0 Å². The Hall–Kier alpha value is -2.53. The Balaban J connectivity index is 1.55. The number of halogens is 1. The Bertz CT molecular complexity index is 748. The van der Waals surface area contributed by atoms with E-state index in [1.165, 1.54) is 0 Å². The number of carbonyl (C=O) groups is 2. The van der Waals surface area contributed by atoms with Crippen molar-refractivity contribution in [2.75, 3.05) is 11.9 Å². The van der Waals surface area contributed by atoms with Crippen molar-refractivity contribution in [3.05, 3.63) is 59.1 Å². The average Bonchev–Trinajstić information content (AvgIpc) is 2.55. The van der Waals surface area contributed by atoms with Crippen molar-refractivity contribution in [3.8, 4) is 5.75 Å². The van der Waals surface area contributed by atoms with Crippen molar-refractivity contribution in [1.29, 1.82) is 0 Å². The molecule has 118 valence electrons. The van der Waals surface area contributed by atoms with Crippen molar-refractivity contribution >= 4 is 29.1 Å². The molecule has 0 saturated carbocycles. The SMILES string of the molecule is O=C(NCCC1Oc2ccccc2NC1=O)c1cccc(Cl)c1. The number of anilines is 1. The predicted molar refractivity (Wildman–Crippen MR) is 87.9 cm³/mol. The normalized spacial score (nSPS) is 16.0. The molecule has 5 nitrogen and oxygen atoms in total. The molecule has 2 aromatic carbocycles. The van der Waals surface area contributed by atoms with Crippen molar-refractivity contribution in [2.45, 2.75) is 12.5 Å². The van der Waals surface area contributed by atoms with Crippen LogP contribution in [0.5, 0.6) is 5.75 Å². The van der Waals surface area contributed by atoms with E-state index in [2.05, 4.69) is 10.6 Å². The number of amides is 2. The van der Waals surface area contributed by atoms with Crippen molar-refractivity contribution in [1.82, 2.24) is 5.32 Å². The molecule has 0 spiro atoms. The molecule has 0 radical (unpaired) electrons. The summed E-state index contributed by atoms with van der Waals surface area (Å²) in [6, 6.07) is 13.9. The first-order valence-electron chi connectivity index (χ1n) is 7.24. The summed E-state index contributed by atoms with van der Waals surface area (Å²) in [5.74, 6) is 0.197. The second-order valence-corrected chi connectivity index (χ2v) is 5.58. The van der Waals surface area contributed by atoms with E-state index < -0.39 is 6.10 Å². The highest BCUT2D eigenvalue weighted by atomic mass is 35.5. The van der Waals surface area contributed by atoms with Crippen molar-refractivity contribution in [2.24, 2.45) is 0 Å². The van der Waals surface area contributed by atoms with Gasteiger partial charge >= 0.3 is 0 Å². The van der Waals surface area contributed by atoms with Gasteiger partial charge in [-0.1, -0.05) is 29.8 Å². The highest BCUT2D eigenvalue weighted by molar-refractivity contribution is 6.30. The Kier molecular flexibility index (Phi) is 4.48. The Morgan fingerprint density at radius 2 is 2.04 bits per heavy atom. The lowest BCUT2D eigenvalue weighted by molar-refractivity contribution is -0.123. The number of fused-ring (bicyclic) bond motifs is 1. The molecule has 3 rings (SSSR count). The first kappa shape index (κ1) is 15.4. The molecule has 1 unspecified atom stereocenters. The van der Waals surface area contributed by atoms with Gasteiger partial charge in [0.25, 0.3) is 11.8 Å². The summed E-state index contributed by atoms with van der Waals surface area (Å²) in [7, 11) is 0. The van der Waals surface area contributed by atoms with Crippen LogP contribution in [0.25, 0.3) is 0 Å². The third-order valence-electron chi connectivity index (χ3n) is 3.49. The van der Waals surface area contributed by atoms with E-state index in [0.717, 1.165) is 0 Å². The molecule has 23 heavy (non-hydrogen) atoms. The Morgan fingerprint density at radius 1 is 1.22 bits per heavy atom. The number of para-hydroxylation sites is 2. The molecule has 0 fully saturated rings. The number of nitrogens with one attached hydrogen (secondary N) is 2. The van der Waals surface area contributed by atoms with Crippen LogP contribution in [-0.4, -0.2) is 24.5 Å². The van der Waals surface area contributed by atoms with Gasteiger partial charge in [-0.05, 0) is 30.3 Å². The van der Waals surface area contributed by atoms with Gasteiger partial charge in [0.1, 0.15) is 5.75 Å². The third kappa shape index (κ3) is 3.63. The van der Waals surface area contributed by atoms with Crippen molar-refractivity contribution < 1.29 is 14.3 Å². The zero-order valence-electron chi connectivity index (χ0n) is 12.2. The smallest absolute Gasteiger partial charge is 0.265 e. The molecular weight excluding hydrogens is 316 g/mol. The molecule has 1 aliphatic heterocycles. The van der Waals surface area contributed by atoms with Gasteiger partial charge in [0.15, 0.2) is 6.10 Å². The molecule has 0 aromatic heterocycles. The maximum absolute atomic E-state index is 12.0. The van der Waals surface area contributed by atoms with E-state index in [-0.39, 0.29) is 11.8 Å². The van der Waals surface area contributed by atoms with E-state index in [1.54, 1.807) is 36.4 Å². The molecule has 0 bridgehead atoms. The molecule has 1 heterocycles. The van der Waals surface area contributed by atoms with E-state index in [9.17, 15) is 9.59 Å². The van der Waals surface area contributed by atoms with E-state index in [1.807, 2.05) is 12.1 Å². The fourth-order valence-corrected chi connectivity index (χ4v) is 2.52. The van der Waals surface area contributed by atoms with E-state index >= 15 is 0 Å². The van der Waals surface area contributed by atoms with Crippen LogP contribution >= 0.6 is 11.6 Å². The molecule has 1 aliphatic rings. The van der Waals surface area contributed by atoms with E-state index in [4.69, 9.17) is 16.3 Å². The monoisotopic (exact) mass is 330 g/mol.